The van der Waals surface area contributed by atoms with E-state index in [0.29, 0.717) is 11.3 Å². The number of methoxy groups -OCH3 is 1. The molecular weight excluding hydrogens is 344 g/mol. The zero-order valence-corrected chi connectivity index (χ0v) is 18.5. The zero-order valence-electron chi connectivity index (χ0n) is 18.5. The number of hydrogen-bond acceptors (Lipinski definition) is 2. The maximum atomic E-state index is 11.5. The molecule has 2 saturated carbocycles. The van der Waals surface area contributed by atoms with E-state index in [1.165, 1.54) is 57.6 Å². The second-order valence-electron chi connectivity index (χ2n) is 10.6. The average Bonchev–Trinajstić information content (AvgIpc) is 3.03. The predicted octanol–water partition coefficient (Wildman–Crippen LogP) is 6.49. The summed E-state index contributed by atoms with van der Waals surface area (Å²) in [7, 11) is 1.44. The van der Waals surface area contributed by atoms with Crippen molar-refractivity contribution in [2.45, 2.75) is 72.6 Å². The summed E-state index contributed by atoms with van der Waals surface area (Å²) < 4.78 is 4.78. The minimum Gasteiger partial charge on any atom is -0.466 e. The smallest absolute Gasteiger partial charge is 0.330 e. The Kier molecular flexibility index (Phi) is 5.13. The molecule has 0 aromatic heterocycles. The molecular formula is C26H38O2. The second-order valence-corrected chi connectivity index (χ2v) is 10.6. The second kappa shape index (κ2) is 7.18. The van der Waals surface area contributed by atoms with Crippen LogP contribution in [0, 0.1) is 40.4 Å². The van der Waals surface area contributed by atoms with E-state index < -0.39 is 0 Å². The maximum Gasteiger partial charge on any atom is 0.330 e. The molecule has 0 N–H and O–H groups in total. The van der Waals surface area contributed by atoms with Crippen LogP contribution in [-0.2, 0) is 9.53 Å². The first-order chi connectivity index (χ1) is 13.3. The van der Waals surface area contributed by atoms with Gasteiger partial charge in [0.2, 0.25) is 0 Å². The highest BCUT2D eigenvalue weighted by molar-refractivity contribution is 5.81. The van der Waals surface area contributed by atoms with Crippen LogP contribution in [0.5, 0.6) is 0 Å². The van der Waals surface area contributed by atoms with E-state index in [-0.39, 0.29) is 11.4 Å². The fourth-order valence-electron chi connectivity index (χ4n) is 7.45. The topological polar surface area (TPSA) is 26.3 Å². The number of carbonyl (C=O) groups excluding carboxylic acids is 1. The summed E-state index contributed by atoms with van der Waals surface area (Å²) in [5.74, 6) is 3.36. The lowest BCUT2D eigenvalue weighted by Crippen LogP contribution is -2.47. The Morgan fingerprint density at radius 1 is 1.21 bits per heavy atom. The third-order valence-electron chi connectivity index (χ3n) is 9.14. The number of esters is 1. The first-order valence-electron chi connectivity index (χ1n) is 11.5. The number of hydrogen-bond donors (Lipinski definition) is 0. The molecule has 4 rings (SSSR count). The molecule has 7 atom stereocenters. The lowest BCUT2D eigenvalue weighted by atomic mass is 9.48. The first-order valence-corrected chi connectivity index (χ1v) is 11.5. The first kappa shape index (κ1) is 20.0. The highest BCUT2D eigenvalue weighted by atomic mass is 16.5. The van der Waals surface area contributed by atoms with Gasteiger partial charge >= 0.3 is 5.97 Å². The van der Waals surface area contributed by atoms with Gasteiger partial charge in [0, 0.05) is 6.08 Å². The van der Waals surface area contributed by atoms with Crippen molar-refractivity contribution in [3.05, 3.63) is 35.5 Å². The Hall–Kier alpha value is -1.31. The summed E-state index contributed by atoms with van der Waals surface area (Å²) in [6.07, 6.45) is 18.2. The van der Waals surface area contributed by atoms with Gasteiger partial charge in [-0.15, -0.1) is 0 Å². The van der Waals surface area contributed by atoms with Gasteiger partial charge in [-0.3, -0.25) is 0 Å². The standard InChI is InChI=1S/C26H38O2/c1-17-12-14-25(3)19(16-17)7-8-20-22-10-9-21(18(2)6-11-24(27)28-5)26(22,4)15-13-23(20)25/h6,9,11,13,17-20,22H,7-8,10,12,14-16H2,1-5H3/b11-6+/t17-,18-,19-,20+,22+,25+,26-/m1/s1. The number of carbonyl (C=O) groups is 1. The highest BCUT2D eigenvalue weighted by Gasteiger charge is 2.55. The summed E-state index contributed by atoms with van der Waals surface area (Å²) in [6.45, 7) is 9.77. The van der Waals surface area contributed by atoms with Crippen molar-refractivity contribution < 1.29 is 9.53 Å². The summed E-state index contributed by atoms with van der Waals surface area (Å²) in [5.41, 5.74) is 4.07. The molecule has 0 spiro atoms. The fraction of sp³-hybridized carbons (Fsp3) is 0.731. The lowest BCUT2D eigenvalue weighted by molar-refractivity contribution is -0.134. The van der Waals surface area contributed by atoms with Crippen LogP contribution in [0.25, 0.3) is 0 Å². The number of allylic oxidation sites excluding steroid dienone is 5. The number of fused-ring (bicyclic) bond motifs is 5. The van der Waals surface area contributed by atoms with Crippen LogP contribution in [0.2, 0.25) is 0 Å². The van der Waals surface area contributed by atoms with Crippen LogP contribution >= 0.6 is 0 Å². The molecule has 0 aromatic carbocycles. The van der Waals surface area contributed by atoms with E-state index >= 15 is 0 Å². The van der Waals surface area contributed by atoms with Gasteiger partial charge in [-0.2, -0.15) is 0 Å². The number of ether oxygens (including phenoxy) is 1. The molecule has 0 amide bonds. The molecule has 0 bridgehead atoms. The third kappa shape index (κ3) is 3.02. The van der Waals surface area contributed by atoms with Gasteiger partial charge in [0.1, 0.15) is 0 Å². The van der Waals surface area contributed by atoms with Crippen LogP contribution in [0.1, 0.15) is 72.6 Å². The largest absolute Gasteiger partial charge is 0.466 e. The van der Waals surface area contributed by atoms with Gasteiger partial charge in [-0.1, -0.05) is 57.1 Å². The zero-order chi connectivity index (χ0) is 20.1. The fourth-order valence-corrected chi connectivity index (χ4v) is 7.45. The van der Waals surface area contributed by atoms with Crippen LogP contribution in [-0.4, -0.2) is 13.1 Å². The highest BCUT2D eigenvalue weighted by Crippen LogP contribution is 2.65. The van der Waals surface area contributed by atoms with Crippen LogP contribution in [0.15, 0.2) is 35.5 Å². The molecule has 0 heterocycles. The van der Waals surface area contributed by atoms with Crippen molar-refractivity contribution in [1.29, 1.82) is 0 Å². The van der Waals surface area contributed by atoms with E-state index in [9.17, 15) is 4.79 Å². The van der Waals surface area contributed by atoms with Crippen molar-refractivity contribution in [1.82, 2.24) is 0 Å². The van der Waals surface area contributed by atoms with Gasteiger partial charge in [-0.25, -0.2) is 4.79 Å². The summed E-state index contributed by atoms with van der Waals surface area (Å²) in [5, 5.41) is 0. The molecule has 0 unspecified atom stereocenters. The Morgan fingerprint density at radius 3 is 2.75 bits per heavy atom. The van der Waals surface area contributed by atoms with Crippen molar-refractivity contribution in [2.75, 3.05) is 7.11 Å². The van der Waals surface area contributed by atoms with Crippen LogP contribution in [0.3, 0.4) is 0 Å². The number of rotatable bonds is 3. The van der Waals surface area contributed by atoms with Gasteiger partial charge in [0.15, 0.2) is 0 Å². The molecule has 0 aromatic rings. The summed E-state index contributed by atoms with van der Waals surface area (Å²) in [4.78, 5) is 11.5. The molecule has 0 radical (unpaired) electrons. The molecule has 2 heteroatoms. The molecule has 28 heavy (non-hydrogen) atoms. The van der Waals surface area contributed by atoms with Crippen molar-refractivity contribution >= 4 is 5.97 Å². The molecule has 4 aliphatic rings. The summed E-state index contributed by atoms with van der Waals surface area (Å²) >= 11 is 0. The van der Waals surface area contributed by atoms with Gasteiger partial charge < -0.3 is 4.74 Å². The minimum atomic E-state index is -0.254. The van der Waals surface area contributed by atoms with E-state index in [0.717, 1.165) is 23.7 Å². The Balaban J connectivity index is 1.58. The van der Waals surface area contributed by atoms with Gasteiger partial charge in [0.05, 0.1) is 7.11 Å². The van der Waals surface area contributed by atoms with Crippen molar-refractivity contribution in [2.24, 2.45) is 40.4 Å². The van der Waals surface area contributed by atoms with Crippen LogP contribution in [0.4, 0.5) is 0 Å². The quantitative estimate of drug-likeness (QED) is 0.317. The predicted molar refractivity (Wildman–Crippen MR) is 115 cm³/mol. The molecule has 0 aliphatic heterocycles. The monoisotopic (exact) mass is 382 g/mol. The minimum absolute atomic E-state index is 0.249. The lowest BCUT2D eigenvalue weighted by Gasteiger charge is -2.57. The third-order valence-corrected chi connectivity index (χ3v) is 9.14. The average molecular weight is 383 g/mol. The molecule has 2 nitrogen and oxygen atoms in total. The molecule has 0 saturated heterocycles. The van der Waals surface area contributed by atoms with E-state index in [4.69, 9.17) is 4.74 Å². The Labute approximate surface area is 171 Å². The van der Waals surface area contributed by atoms with E-state index in [1.807, 2.05) is 11.6 Å². The van der Waals surface area contributed by atoms with Gasteiger partial charge in [-0.05, 0) is 85.4 Å². The molecule has 4 aliphatic carbocycles. The SMILES string of the molecule is COC(=O)/C=C/[C@@H](C)C1=CC[C@H]2[C@@H]3CC[C@@H]4C[C@H](C)CC[C@]4(C)C3=CC[C@]12C. The van der Waals surface area contributed by atoms with E-state index in [2.05, 4.69) is 39.8 Å². The molecule has 154 valence electrons. The van der Waals surface area contributed by atoms with Crippen LogP contribution < -0.4 is 0 Å². The summed E-state index contributed by atoms with van der Waals surface area (Å²) in [6, 6.07) is 0. The van der Waals surface area contributed by atoms with Crippen molar-refractivity contribution in [3.8, 4) is 0 Å². The van der Waals surface area contributed by atoms with E-state index in [1.54, 1.807) is 6.08 Å². The maximum absolute atomic E-state index is 11.5. The Bertz CT molecular complexity index is 729. The van der Waals surface area contributed by atoms with Gasteiger partial charge in [0.25, 0.3) is 0 Å². The van der Waals surface area contributed by atoms with Crippen molar-refractivity contribution in [3.63, 3.8) is 0 Å². The molecule has 2 fully saturated rings. The Morgan fingerprint density at radius 2 is 2.00 bits per heavy atom. The normalized spacial score (nSPS) is 43.5.